The van der Waals surface area contributed by atoms with Crippen LogP contribution in [0.4, 0.5) is 5.82 Å². The van der Waals surface area contributed by atoms with Gasteiger partial charge in [0.1, 0.15) is 10.6 Å². The molecule has 0 bridgehead atoms. The maximum atomic E-state index is 13.8. The maximum absolute atomic E-state index is 13.8. The van der Waals surface area contributed by atoms with Crippen molar-refractivity contribution in [3.05, 3.63) is 42.2 Å². The highest BCUT2D eigenvalue weighted by Gasteiger charge is 2.54. The van der Waals surface area contributed by atoms with Crippen molar-refractivity contribution < 1.29 is 17.9 Å². The molecule has 2 aliphatic heterocycles. The smallest absolute Gasteiger partial charge is 0.164 e. The third kappa shape index (κ3) is 3.53. The van der Waals surface area contributed by atoms with Gasteiger partial charge in [-0.1, -0.05) is 12.1 Å². The number of aromatic nitrogens is 3. The largest absolute Gasteiger partial charge is 0.381 e. The second kappa shape index (κ2) is 8.07. The van der Waals surface area contributed by atoms with Crippen LogP contribution < -0.4 is 4.90 Å². The summed E-state index contributed by atoms with van der Waals surface area (Å²) in [7, 11) is -3.40. The lowest BCUT2D eigenvalue weighted by molar-refractivity contribution is 0.0729. The van der Waals surface area contributed by atoms with Gasteiger partial charge in [-0.05, 0) is 37.8 Å². The molecule has 0 amide bonds. The van der Waals surface area contributed by atoms with Gasteiger partial charge < -0.3 is 19.4 Å². The van der Waals surface area contributed by atoms with E-state index in [1.165, 1.54) is 0 Å². The molecule has 0 spiro atoms. The fourth-order valence-electron chi connectivity index (χ4n) is 5.11. The molecule has 3 aromatic rings. The number of sulfone groups is 1. The predicted molar refractivity (Wildman–Crippen MR) is 126 cm³/mol. The van der Waals surface area contributed by atoms with Gasteiger partial charge in [-0.15, -0.1) is 0 Å². The van der Waals surface area contributed by atoms with Gasteiger partial charge >= 0.3 is 0 Å². The monoisotopic (exact) mass is 468 g/mol. The summed E-state index contributed by atoms with van der Waals surface area (Å²) in [5, 5.41) is 0.752. The molecule has 33 heavy (non-hydrogen) atoms. The van der Waals surface area contributed by atoms with Crippen LogP contribution in [-0.2, 0) is 24.1 Å². The van der Waals surface area contributed by atoms with Crippen LogP contribution in [0.25, 0.3) is 22.3 Å². The zero-order chi connectivity index (χ0) is 22.5. The lowest BCUT2D eigenvalue weighted by Gasteiger charge is -2.37. The molecule has 1 aromatic carbocycles. The van der Waals surface area contributed by atoms with Crippen LogP contribution in [0.15, 0.2) is 36.5 Å². The van der Waals surface area contributed by atoms with Crippen molar-refractivity contribution in [2.45, 2.75) is 35.7 Å². The standard InChI is InChI=1S/C24H28N4O4S/c29-33(30,17-4-5-17)24(7-12-31-13-8-24)21-16-22(28-10-14-32-15-11-28)27-23(26-21)19-2-1-3-20-18(19)6-9-25-20/h1-3,6,9,16-17,25H,4-5,7-8,10-15H2. The molecule has 174 valence electrons. The van der Waals surface area contributed by atoms with Gasteiger partial charge in [0.25, 0.3) is 0 Å². The molecule has 1 saturated carbocycles. The highest BCUT2D eigenvalue weighted by Crippen LogP contribution is 2.47. The van der Waals surface area contributed by atoms with Gasteiger partial charge in [-0.3, -0.25) is 0 Å². The molecule has 9 heteroatoms. The molecular formula is C24H28N4O4S. The number of ether oxygens (including phenoxy) is 2. The Hall–Kier alpha value is -2.49. The summed E-state index contributed by atoms with van der Waals surface area (Å²) in [5.41, 5.74) is 2.51. The third-order valence-electron chi connectivity index (χ3n) is 7.16. The fourth-order valence-corrected chi connectivity index (χ4v) is 7.63. The number of H-pyrrole nitrogens is 1. The quantitative estimate of drug-likeness (QED) is 0.615. The van der Waals surface area contributed by atoms with Gasteiger partial charge in [-0.2, -0.15) is 0 Å². The molecule has 8 nitrogen and oxygen atoms in total. The number of anilines is 1. The Balaban J connectivity index is 1.56. The Kier molecular flexibility index (Phi) is 5.15. The number of nitrogens with one attached hydrogen (secondary N) is 1. The van der Waals surface area contributed by atoms with Crippen LogP contribution in [0.3, 0.4) is 0 Å². The fraction of sp³-hybridized carbons (Fsp3) is 0.500. The second-order valence-electron chi connectivity index (χ2n) is 9.13. The zero-order valence-corrected chi connectivity index (χ0v) is 19.3. The van der Waals surface area contributed by atoms with E-state index in [9.17, 15) is 8.42 Å². The number of morpholine rings is 1. The summed E-state index contributed by atoms with van der Waals surface area (Å²) in [6.07, 6.45) is 4.24. The van der Waals surface area contributed by atoms with Crippen LogP contribution in [0, 0.1) is 0 Å². The average molecular weight is 469 g/mol. The van der Waals surface area contributed by atoms with Crippen molar-refractivity contribution in [1.82, 2.24) is 15.0 Å². The number of hydrogen-bond donors (Lipinski definition) is 1. The van der Waals surface area contributed by atoms with Crippen molar-refractivity contribution in [1.29, 1.82) is 0 Å². The van der Waals surface area contributed by atoms with Crippen molar-refractivity contribution in [3.8, 4) is 11.4 Å². The molecule has 1 aliphatic carbocycles. The van der Waals surface area contributed by atoms with Crippen LogP contribution in [0.2, 0.25) is 0 Å². The SMILES string of the molecule is O=S(=O)(C1CC1)C1(c2cc(N3CCOCC3)nc(-c3cccc4[nH]ccc34)n2)CCOCC1. The average Bonchev–Trinajstić information content (AvgIpc) is 3.62. The van der Waals surface area contributed by atoms with Crippen molar-refractivity contribution in [2.24, 2.45) is 0 Å². The van der Waals surface area contributed by atoms with E-state index in [0.717, 1.165) is 48.2 Å². The van der Waals surface area contributed by atoms with E-state index in [0.29, 0.717) is 50.8 Å². The van der Waals surface area contributed by atoms with Crippen molar-refractivity contribution in [2.75, 3.05) is 44.4 Å². The molecule has 2 aromatic heterocycles. The van der Waals surface area contributed by atoms with E-state index in [-0.39, 0.29) is 5.25 Å². The molecule has 0 radical (unpaired) electrons. The Morgan fingerprint density at radius 1 is 1.00 bits per heavy atom. The first kappa shape index (κ1) is 21.1. The first-order valence-electron chi connectivity index (χ1n) is 11.7. The summed E-state index contributed by atoms with van der Waals surface area (Å²) >= 11 is 0. The van der Waals surface area contributed by atoms with Crippen molar-refractivity contribution >= 4 is 26.6 Å². The minimum Gasteiger partial charge on any atom is -0.381 e. The van der Waals surface area contributed by atoms with Gasteiger partial charge in [0.2, 0.25) is 0 Å². The molecule has 2 saturated heterocycles. The van der Waals surface area contributed by atoms with Gasteiger partial charge in [-0.25, -0.2) is 18.4 Å². The maximum Gasteiger partial charge on any atom is 0.164 e. The summed E-state index contributed by atoms with van der Waals surface area (Å²) in [6, 6.07) is 9.93. The molecular weight excluding hydrogens is 440 g/mol. The van der Waals surface area contributed by atoms with Gasteiger partial charge in [0.15, 0.2) is 15.7 Å². The topological polar surface area (TPSA) is 97.4 Å². The van der Waals surface area contributed by atoms with Crippen molar-refractivity contribution in [3.63, 3.8) is 0 Å². The van der Waals surface area contributed by atoms with Crippen LogP contribution in [0.5, 0.6) is 0 Å². The van der Waals surface area contributed by atoms with Crippen LogP contribution >= 0.6 is 0 Å². The van der Waals surface area contributed by atoms with E-state index in [4.69, 9.17) is 19.4 Å². The number of fused-ring (bicyclic) bond motifs is 1. The van der Waals surface area contributed by atoms with Gasteiger partial charge in [0.05, 0.1) is 24.2 Å². The highest BCUT2D eigenvalue weighted by molar-refractivity contribution is 7.93. The summed E-state index contributed by atoms with van der Waals surface area (Å²) in [5.74, 6) is 1.33. The molecule has 3 fully saturated rings. The Morgan fingerprint density at radius 3 is 2.52 bits per heavy atom. The molecule has 6 rings (SSSR count). The van der Waals surface area contributed by atoms with E-state index < -0.39 is 14.6 Å². The Morgan fingerprint density at radius 2 is 1.76 bits per heavy atom. The lowest BCUT2D eigenvalue weighted by atomic mass is 9.94. The number of nitrogens with zero attached hydrogens (tertiary/aromatic N) is 3. The molecule has 0 atom stereocenters. The molecule has 1 N–H and O–H groups in total. The number of rotatable bonds is 5. The predicted octanol–water partition coefficient (Wildman–Crippen LogP) is 3.04. The highest BCUT2D eigenvalue weighted by atomic mass is 32.2. The van der Waals surface area contributed by atoms with Crippen LogP contribution in [0.1, 0.15) is 31.4 Å². The molecule has 0 unspecified atom stereocenters. The normalized spacial score (nSPS) is 21.4. The summed E-state index contributed by atoms with van der Waals surface area (Å²) in [4.78, 5) is 15.3. The number of hydrogen-bond acceptors (Lipinski definition) is 7. The number of benzene rings is 1. The van der Waals surface area contributed by atoms with Crippen LogP contribution in [-0.4, -0.2) is 68.1 Å². The molecule has 4 heterocycles. The van der Waals surface area contributed by atoms with Gasteiger partial charge in [0, 0.05) is 55.0 Å². The minimum atomic E-state index is -3.40. The van der Waals surface area contributed by atoms with E-state index in [1.807, 2.05) is 36.5 Å². The zero-order valence-electron chi connectivity index (χ0n) is 18.5. The Bertz CT molecular complexity index is 1270. The minimum absolute atomic E-state index is 0.269. The van der Waals surface area contributed by atoms with E-state index in [2.05, 4.69) is 9.88 Å². The first-order valence-corrected chi connectivity index (χ1v) is 13.2. The van der Waals surface area contributed by atoms with E-state index in [1.54, 1.807) is 0 Å². The summed E-state index contributed by atoms with van der Waals surface area (Å²) in [6.45, 7) is 3.53. The summed E-state index contributed by atoms with van der Waals surface area (Å²) < 4.78 is 37.8. The van der Waals surface area contributed by atoms with E-state index >= 15 is 0 Å². The number of aromatic amines is 1. The first-order chi connectivity index (χ1) is 16.1. The second-order valence-corrected chi connectivity index (χ2v) is 11.7. The lowest BCUT2D eigenvalue weighted by Crippen LogP contribution is -2.44. The Labute approximate surface area is 193 Å². The molecule has 3 aliphatic rings. The third-order valence-corrected chi connectivity index (χ3v) is 10.2.